The fourth-order valence-corrected chi connectivity index (χ4v) is 2.44. The number of carbonyl (C=O) groups is 2. The highest BCUT2D eigenvalue weighted by Crippen LogP contribution is 2.13. The molecule has 0 aliphatic rings. The van der Waals surface area contributed by atoms with Crippen molar-refractivity contribution in [1.82, 2.24) is 15.5 Å². The molecule has 1 atom stereocenters. The summed E-state index contributed by atoms with van der Waals surface area (Å²) in [5.74, 6) is -0.612. The van der Waals surface area contributed by atoms with E-state index in [0.717, 1.165) is 5.56 Å². The Morgan fingerprint density at radius 1 is 1.23 bits per heavy atom. The summed E-state index contributed by atoms with van der Waals surface area (Å²) in [6.45, 7) is 5.62. The Bertz CT molecular complexity index is 655. The Balaban J connectivity index is 2.10. The lowest BCUT2D eigenvalue weighted by Crippen LogP contribution is -2.47. The molecule has 0 aliphatic carbocycles. The van der Waals surface area contributed by atoms with Gasteiger partial charge in [-0.1, -0.05) is 43.4 Å². The van der Waals surface area contributed by atoms with Crippen molar-refractivity contribution in [2.24, 2.45) is 5.92 Å². The molecule has 22 heavy (non-hydrogen) atoms. The molecule has 1 heterocycles. The molecule has 116 valence electrons. The molecule has 2 aromatic rings. The van der Waals surface area contributed by atoms with Gasteiger partial charge in [0.05, 0.1) is 0 Å². The number of nitrogens with one attached hydrogen (secondary N) is 2. The molecule has 6 nitrogen and oxygen atoms in total. The van der Waals surface area contributed by atoms with Crippen molar-refractivity contribution < 1.29 is 9.59 Å². The van der Waals surface area contributed by atoms with Crippen LogP contribution in [0.1, 0.15) is 29.8 Å². The summed E-state index contributed by atoms with van der Waals surface area (Å²) in [6.07, 6.45) is 0. The second-order valence-corrected chi connectivity index (χ2v) is 6.08. The molecule has 0 aliphatic heterocycles. The van der Waals surface area contributed by atoms with Crippen molar-refractivity contribution in [3.63, 3.8) is 0 Å². The number of benzene rings is 1. The van der Waals surface area contributed by atoms with Crippen LogP contribution in [0, 0.1) is 12.8 Å². The third-order valence-electron chi connectivity index (χ3n) is 3.22. The number of carbonyl (C=O) groups excluding carboxylic acids is 2. The minimum Gasteiger partial charge on any atom is -0.340 e. The average Bonchev–Trinajstić information content (AvgIpc) is 2.97. The van der Waals surface area contributed by atoms with Crippen LogP contribution < -0.4 is 10.6 Å². The van der Waals surface area contributed by atoms with Gasteiger partial charge in [-0.3, -0.25) is 14.9 Å². The highest BCUT2D eigenvalue weighted by Gasteiger charge is 2.25. The van der Waals surface area contributed by atoms with Crippen LogP contribution >= 0.6 is 11.3 Å². The highest BCUT2D eigenvalue weighted by atomic mass is 32.1. The van der Waals surface area contributed by atoms with E-state index in [1.54, 1.807) is 12.1 Å². The minimum atomic E-state index is -0.643. The van der Waals surface area contributed by atoms with Crippen molar-refractivity contribution in [1.29, 1.82) is 0 Å². The molecule has 0 unspecified atom stereocenters. The Hall–Kier alpha value is -2.28. The first-order valence-corrected chi connectivity index (χ1v) is 7.80. The maximum Gasteiger partial charge on any atom is 0.252 e. The Kier molecular flexibility index (Phi) is 5.21. The van der Waals surface area contributed by atoms with E-state index in [1.807, 2.05) is 32.9 Å². The lowest BCUT2D eigenvalue weighted by atomic mass is 10.0. The van der Waals surface area contributed by atoms with Gasteiger partial charge >= 0.3 is 0 Å². The Morgan fingerprint density at radius 3 is 2.55 bits per heavy atom. The van der Waals surface area contributed by atoms with Crippen molar-refractivity contribution >= 4 is 28.3 Å². The summed E-state index contributed by atoms with van der Waals surface area (Å²) >= 11 is 1.23. The van der Waals surface area contributed by atoms with Gasteiger partial charge in [0, 0.05) is 5.56 Å². The molecule has 2 amide bonds. The Labute approximate surface area is 133 Å². The van der Waals surface area contributed by atoms with Crippen molar-refractivity contribution in [2.75, 3.05) is 5.32 Å². The third kappa shape index (κ3) is 3.88. The predicted molar refractivity (Wildman–Crippen MR) is 85.8 cm³/mol. The van der Waals surface area contributed by atoms with E-state index in [9.17, 15) is 9.59 Å². The molecular formula is C15H18N4O2S. The van der Waals surface area contributed by atoms with Gasteiger partial charge in [0.25, 0.3) is 5.91 Å². The molecule has 2 rings (SSSR count). The van der Waals surface area contributed by atoms with Crippen LogP contribution in [-0.2, 0) is 4.79 Å². The van der Waals surface area contributed by atoms with Gasteiger partial charge in [-0.15, -0.1) is 10.2 Å². The van der Waals surface area contributed by atoms with Crippen LogP contribution in [0.4, 0.5) is 5.13 Å². The molecular weight excluding hydrogens is 300 g/mol. The normalized spacial score (nSPS) is 12.0. The van der Waals surface area contributed by atoms with Crippen molar-refractivity contribution in [3.8, 4) is 0 Å². The first-order chi connectivity index (χ1) is 10.5. The Morgan fingerprint density at radius 2 is 1.95 bits per heavy atom. The van der Waals surface area contributed by atoms with E-state index >= 15 is 0 Å². The summed E-state index contributed by atoms with van der Waals surface area (Å²) < 4.78 is 0. The maximum absolute atomic E-state index is 12.4. The second kappa shape index (κ2) is 7.13. The number of amides is 2. The molecule has 0 saturated carbocycles. The smallest absolute Gasteiger partial charge is 0.252 e. The molecule has 7 heteroatoms. The molecule has 1 aromatic heterocycles. The number of nitrogens with zero attached hydrogens (tertiary/aromatic N) is 2. The zero-order valence-electron chi connectivity index (χ0n) is 12.7. The van der Waals surface area contributed by atoms with E-state index < -0.39 is 6.04 Å². The SMILES string of the molecule is Cc1ccccc1C(=O)N[C@H](C(=O)Nc1nncs1)C(C)C. The first-order valence-electron chi connectivity index (χ1n) is 6.92. The van der Waals surface area contributed by atoms with Gasteiger partial charge < -0.3 is 5.32 Å². The first kappa shape index (κ1) is 16.1. The van der Waals surface area contributed by atoms with E-state index in [-0.39, 0.29) is 17.7 Å². The van der Waals surface area contributed by atoms with Gasteiger partial charge in [0.1, 0.15) is 11.6 Å². The molecule has 2 N–H and O–H groups in total. The van der Waals surface area contributed by atoms with Crippen LogP contribution in [0.15, 0.2) is 29.8 Å². The van der Waals surface area contributed by atoms with Crippen LogP contribution in [-0.4, -0.2) is 28.1 Å². The summed E-state index contributed by atoms with van der Waals surface area (Å²) in [6, 6.07) is 6.63. The lowest BCUT2D eigenvalue weighted by molar-refractivity contribution is -0.118. The number of anilines is 1. The summed E-state index contributed by atoms with van der Waals surface area (Å²) in [5, 5.41) is 13.3. The number of rotatable bonds is 5. The van der Waals surface area contributed by atoms with Gasteiger partial charge in [-0.25, -0.2) is 0 Å². The summed E-state index contributed by atoms with van der Waals surface area (Å²) in [7, 11) is 0. The van der Waals surface area contributed by atoms with Gasteiger partial charge in [-0.2, -0.15) is 0 Å². The standard InChI is InChI=1S/C15H18N4O2S/c1-9(2)12(14(21)18-15-19-16-8-22-15)17-13(20)11-7-5-4-6-10(11)3/h4-9,12H,1-3H3,(H,17,20)(H,18,19,21)/t12-/m0/s1. The van der Waals surface area contributed by atoms with Crippen molar-refractivity contribution in [2.45, 2.75) is 26.8 Å². The van der Waals surface area contributed by atoms with E-state index in [4.69, 9.17) is 0 Å². The molecule has 0 bridgehead atoms. The fourth-order valence-electron chi connectivity index (χ4n) is 1.99. The number of hydrogen-bond acceptors (Lipinski definition) is 5. The minimum absolute atomic E-state index is 0.0547. The van der Waals surface area contributed by atoms with Crippen LogP contribution in [0.2, 0.25) is 0 Å². The van der Waals surface area contributed by atoms with Crippen LogP contribution in [0.5, 0.6) is 0 Å². The maximum atomic E-state index is 12.4. The van der Waals surface area contributed by atoms with Gasteiger partial charge in [0.15, 0.2) is 0 Å². The molecule has 0 fully saturated rings. The fraction of sp³-hybridized carbons (Fsp3) is 0.333. The van der Waals surface area contributed by atoms with E-state index in [1.165, 1.54) is 16.8 Å². The molecule has 0 saturated heterocycles. The zero-order valence-corrected chi connectivity index (χ0v) is 13.5. The summed E-state index contributed by atoms with van der Waals surface area (Å²) in [4.78, 5) is 24.7. The van der Waals surface area contributed by atoms with Gasteiger partial charge in [0.2, 0.25) is 11.0 Å². The van der Waals surface area contributed by atoms with Crippen molar-refractivity contribution in [3.05, 3.63) is 40.9 Å². The van der Waals surface area contributed by atoms with E-state index in [2.05, 4.69) is 20.8 Å². The molecule has 0 spiro atoms. The monoisotopic (exact) mass is 318 g/mol. The van der Waals surface area contributed by atoms with Crippen LogP contribution in [0.3, 0.4) is 0 Å². The van der Waals surface area contributed by atoms with E-state index in [0.29, 0.717) is 10.7 Å². The number of aryl methyl sites for hydroxylation is 1. The average molecular weight is 318 g/mol. The zero-order chi connectivity index (χ0) is 16.1. The third-order valence-corrected chi connectivity index (χ3v) is 3.82. The quantitative estimate of drug-likeness (QED) is 0.885. The second-order valence-electron chi connectivity index (χ2n) is 5.24. The topological polar surface area (TPSA) is 84.0 Å². The lowest BCUT2D eigenvalue weighted by Gasteiger charge is -2.21. The number of aromatic nitrogens is 2. The number of hydrogen-bond donors (Lipinski definition) is 2. The van der Waals surface area contributed by atoms with Crippen LogP contribution in [0.25, 0.3) is 0 Å². The largest absolute Gasteiger partial charge is 0.340 e. The molecule has 1 aromatic carbocycles. The predicted octanol–water partition coefficient (Wildman–Crippen LogP) is 2.24. The summed E-state index contributed by atoms with van der Waals surface area (Å²) in [5.41, 5.74) is 2.97. The molecule has 0 radical (unpaired) electrons. The van der Waals surface area contributed by atoms with Gasteiger partial charge in [-0.05, 0) is 24.5 Å². The highest BCUT2D eigenvalue weighted by molar-refractivity contribution is 7.13.